The smallest absolute Gasteiger partial charge is 0.300 e. The van der Waals surface area contributed by atoms with Crippen LogP contribution < -0.4 is 15.7 Å². The molecule has 0 atom stereocenters. The van der Waals surface area contributed by atoms with E-state index < -0.39 is 5.56 Å². The highest BCUT2D eigenvalue weighted by atomic mass is 32.1. The normalized spacial score (nSPS) is 12.0. The van der Waals surface area contributed by atoms with Gasteiger partial charge in [-0.15, -0.1) is 0 Å². The number of aromatic nitrogens is 3. The van der Waals surface area contributed by atoms with Crippen LogP contribution in [-0.4, -0.2) is 14.6 Å². The Morgan fingerprint density at radius 2 is 1.70 bits per heavy atom. The molecule has 0 spiro atoms. The summed E-state index contributed by atoms with van der Waals surface area (Å²) in [6.45, 7) is 0. The van der Waals surface area contributed by atoms with E-state index in [-0.39, 0.29) is 22.0 Å². The van der Waals surface area contributed by atoms with E-state index >= 15 is 0 Å². The highest BCUT2D eigenvalue weighted by molar-refractivity contribution is 7.15. The van der Waals surface area contributed by atoms with Gasteiger partial charge in [0.05, 0.1) is 0 Å². The van der Waals surface area contributed by atoms with Gasteiger partial charge in [0.25, 0.3) is 5.56 Å². The van der Waals surface area contributed by atoms with Gasteiger partial charge in [0.2, 0.25) is 4.96 Å². The molecule has 0 N–H and O–H groups in total. The summed E-state index contributed by atoms with van der Waals surface area (Å²) in [7, 11) is 0. The molecule has 2 aromatic carbocycles. The van der Waals surface area contributed by atoms with Crippen molar-refractivity contribution in [3.63, 3.8) is 0 Å². The molecule has 0 aliphatic heterocycles. The van der Waals surface area contributed by atoms with E-state index in [0.717, 1.165) is 21.4 Å². The van der Waals surface area contributed by atoms with Gasteiger partial charge in [0, 0.05) is 17.2 Å². The van der Waals surface area contributed by atoms with Crippen molar-refractivity contribution in [3.05, 3.63) is 104 Å². The molecule has 30 heavy (non-hydrogen) atoms. The molecule has 0 amide bonds. The van der Waals surface area contributed by atoms with Crippen LogP contribution in [0.25, 0.3) is 33.6 Å². The summed E-state index contributed by atoms with van der Waals surface area (Å²) in [6.07, 6.45) is 1.57. The predicted octanol–water partition coefficient (Wildman–Crippen LogP) is 3.13. The summed E-state index contributed by atoms with van der Waals surface area (Å²) in [6, 6.07) is 18.2. The molecule has 3 aromatic heterocycles. The maximum atomic E-state index is 13.1. The Labute approximate surface area is 172 Å². The van der Waals surface area contributed by atoms with E-state index in [0.29, 0.717) is 21.6 Å². The molecule has 0 radical (unpaired) electrons. The number of hydrogen-bond donors (Lipinski definition) is 0. The van der Waals surface area contributed by atoms with E-state index in [1.54, 1.807) is 54.6 Å². The number of rotatable bonds is 3. The quantitative estimate of drug-likeness (QED) is 0.451. The maximum Gasteiger partial charge on any atom is 0.300 e. The van der Waals surface area contributed by atoms with Gasteiger partial charge in [-0.3, -0.25) is 9.59 Å². The lowest BCUT2D eigenvalue weighted by Crippen LogP contribution is -2.26. The molecule has 0 fully saturated rings. The Balaban J connectivity index is 1.59. The first-order chi connectivity index (χ1) is 14.6. The molecule has 5 rings (SSSR count). The monoisotopic (exact) mass is 417 g/mol. The SMILES string of the molecule is O=c1nc2s/c(=C\c3ccc(-c4ccc(F)cc4)o3)c(=O)n2nc1-c1ccccc1. The summed E-state index contributed by atoms with van der Waals surface area (Å²) in [4.78, 5) is 29.4. The van der Waals surface area contributed by atoms with Crippen molar-refractivity contribution in [3.8, 4) is 22.6 Å². The second-order valence-electron chi connectivity index (χ2n) is 6.45. The third kappa shape index (κ3) is 3.23. The van der Waals surface area contributed by atoms with Crippen LogP contribution in [-0.2, 0) is 0 Å². The zero-order valence-electron chi connectivity index (χ0n) is 15.3. The molecule has 5 aromatic rings. The van der Waals surface area contributed by atoms with Gasteiger partial charge in [0.15, 0.2) is 5.69 Å². The number of halogens is 1. The summed E-state index contributed by atoms with van der Waals surface area (Å²) >= 11 is 1.06. The molecular formula is C22H12FN3O3S. The molecule has 8 heteroatoms. The van der Waals surface area contributed by atoms with Gasteiger partial charge in [-0.1, -0.05) is 41.7 Å². The minimum Gasteiger partial charge on any atom is -0.457 e. The minimum absolute atomic E-state index is 0.117. The van der Waals surface area contributed by atoms with Crippen LogP contribution >= 0.6 is 11.3 Å². The lowest BCUT2D eigenvalue weighted by molar-refractivity contribution is 0.571. The van der Waals surface area contributed by atoms with Crippen molar-refractivity contribution in [1.29, 1.82) is 0 Å². The first kappa shape index (κ1) is 18.1. The molecule has 0 bridgehead atoms. The largest absolute Gasteiger partial charge is 0.457 e. The number of furan rings is 1. The van der Waals surface area contributed by atoms with Crippen molar-refractivity contribution in [2.45, 2.75) is 0 Å². The Bertz CT molecular complexity index is 1540. The highest BCUT2D eigenvalue weighted by Gasteiger charge is 2.13. The molecule has 0 aliphatic rings. The van der Waals surface area contributed by atoms with Crippen molar-refractivity contribution >= 4 is 22.4 Å². The van der Waals surface area contributed by atoms with Crippen LogP contribution in [0, 0.1) is 5.82 Å². The number of hydrogen-bond acceptors (Lipinski definition) is 6. The zero-order valence-corrected chi connectivity index (χ0v) is 16.1. The fraction of sp³-hybridized carbons (Fsp3) is 0. The van der Waals surface area contributed by atoms with Gasteiger partial charge in [-0.05, 0) is 36.4 Å². The summed E-state index contributed by atoms with van der Waals surface area (Å²) in [5, 5.41) is 4.22. The fourth-order valence-electron chi connectivity index (χ4n) is 3.01. The highest BCUT2D eigenvalue weighted by Crippen LogP contribution is 2.22. The summed E-state index contributed by atoms with van der Waals surface area (Å²) in [5.41, 5.74) is 0.544. The molecule has 3 heterocycles. The van der Waals surface area contributed by atoms with Gasteiger partial charge in [0.1, 0.15) is 21.9 Å². The van der Waals surface area contributed by atoms with Crippen LogP contribution in [0.4, 0.5) is 4.39 Å². The third-order valence-electron chi connectivity index (χ3n) is 4.46. The van der Waals surface area contributed by atoms with Crippen LogP contribution in [0.1, 0.15) is 5.76 Å². The first-order valence-corrected chi connectivity index (χ1v) is 9.77. The maximum absolute atomic E-state index is 13.1. The van der Waals surface area contributed by atoms with Crippen molar-refractivity contribution in [1.82, 2.24) is 14.6 Å². The van der Waals surface area contributed by atoms with Crippen molar-refractivity contribution in [2.24, 2.45) is 0 Å². The standard InChI is InChI=1S/C22H12FN3O3S/c23-15-8-6-13(7-9-15)17-11-10-16(29-17)12-18-21(28)26-22(30-18)24-20(27)19(25-26)14-4-2-1-3-5-14/h1-12H/b18-12-. The molecule has 0 unspecified atom stereocenters. The summed E-state index contributed by atoms with van der Waals surface area (Å²) in [5.74, 6) is 0.666. The Kier molecular flexibility index (Phi) is 4.33. The lowest BCUT2D eigenvalue weighted by Gasteiger charge is -1.98. The number of nitrogens with zero attached hydrogens (tertiary/aromatic N) is 3. The van der Waals surface area contributed by atoms with E-state index in [2.05, 4.69) is 10.1 Å². The van der Waals surface area contributed by atoms with Gasteiger partial charge in [-0.2, -0.15) is 14.6 Å². The Morgan fingerprint density at radius 1 is 0.933 bits per heavy atom. The topological polar surface area (TPSA) is 77.5 Å². The zero-order chi connectivity index (χ0) is 20.7. The molecular weight excluding hydrogens is 405 g/mol. The van der Waals surface area contributed by atoms with Gasteiger partial charge < -0.3 is 4.42 Å². The Morgan fingerprint density at radius 3 is 2.47 bits per heavy atom. The van der Waals surface area contributed by atoms with Crippen molar-refractivity contribution < 1.29 is 8.81 Å². The molecule has 0 aliphatic carbocycles. The van der Waals surface area contributed by atoms with Crippen LogP contribution in [0.3, 0.4) is 0 Å². The Hall–Kier alpha value is -3.91. The van der Waals surface area contributed by atoms with E-state index in [4.69, 9.17) is 4.42 Å². The van der Waals surface area contributed by atoms with Gasteiger partial charge >= 0.3 is 5.56 Å². The average Bonchev–Trinajstić information content (AvgIpc) is 3.34. The minimum atomic E-state index is -0.495. The second-order valence-corrected chi connectivity index (χ2v) is 7.46. The molecule has 6 nitrogen and oxygen atoms in total. The second kappa shape index (κ2) is 7.16. The molecule has 0 saturated carbocycles. The number of fused-ring (bicyclic) bond motifs is 1. The molecule has 146 valence electrons. The van der Waals surface area contributed by atoms with E-state index in [9.17, 15) is 14.0 Å². The third-order valence-corrected chi connectivity index (χ3v) is 5.42. The van der Waals surface area contributed by atoms with Crippen molar-refractivity contribution in [2.75, 3.05) is 0 Å². The predicted molar refractivity (Wildman–Crippen MR) is 112 cm³/mol. The summed E-state index contributed by atoms with van der Waals surface area (Å²) < 4.78 is 20.3. The van der Waals surface area contributed by atoms with Crippen LogP contribution in [0.5, 0.6) is 0 Å². The number of benzene rings is 2. The van der Waals surface area contributed by atoms with E-state index in [1.807, 2.05) is 6.07 Å². The van der Waals surface area contributed by atoms with Crippen LogP contribution in [0.2, 0.25) is 0 Å². The van der Waals surface area contributed by atoms with Crippen LogP contribution in [0.15, 0.2) is 80.7 Å². The average molecular weight is 417 g/mol. The number of thiazole rings is 1. The molecule has 0 saturated heterocycles. The first-order valence-electron chi connectivity index (χ1n) is 8.95. The van der Waals surface area contributed by atoms with Gasteiger partial charge in [-0.25, -0.2) is 4.39 Å². The fourth-order valence-corrected chi connectivity index (χ4v) is 3.90. The lowest BCUT2D eigenvalue weighted by atomic mass is 10.2. The van der Waals surface area contributed by atoms with E-state index in [1.165, 1.54) is 12.1 Å².